The predicted molar refractivity (Wildman–Crippen MR) is 82.9 cm³/mol. The molecular weight excluding hydrogens is 288 g/mol. The molecule has 0 saturated heterocycles. The van der Waals surface area contributed by atoms with Crippen LogP contribution >= 0.6 is 11.6 Å². The van der Waals surface area contributed by atoms with Crippen LogP contribution in [0.1, 0.15) is 48.4 Å². The molecular formula is C16H17ClN2O2. The van der Waals surface area contributed by atoms with Gasteiger partial charge < -0.3 is 5.11 Å². The van der Waals surface area contributed by atoms with Gasteiger partial charge in [0, 0.05) is 10.6 Å². The van der Waals surface area contributed by atoms with Crippen LogP contribution in [0.3, 0.4) is 0 Å². The lowest BCUT2D eigenvalue weighted by molar-refractivity contribution is 0.0693. The van der Waals surface area contributed by atoms with Crippen molar-refractivity contribution in [1.82, 2.24) is 9.97 Å². The smallest absolute Gasteiger partial charge is 0.339 e. The minimum atomic E-state index is -0.974. The van der Waals surface area contributed by atoms with Crippen LogP contribution < -0.4 is 0 Å². The van der Waals surface area contributed by atoms with Crippen LogP contribution in [0.25, 0.3) is 11.4 Å². The topological polar surface area (TPSA) is 63.1 Å². The first-order valence-corrected chi connectivity index (χ1v) is 7.21. The zero-order valence-electron chi connectivity index (χ0n) is 12.2. The average molecular weight is 305 g/mol. The van der Waals surface area contributed by atoms with Crippen LogP contribution in [-0.2, 0) is 6.42 Å². The summed E-state index contributed by atoms with van der Waals surface area (Å²) < 4.78 is 0. The fourth-order valence-corrected chi connectivity index (χ4v) is 2.29. The van der Waals surface area contributed by atoms with E-state index in [1.807, 2.05) is 32.9 Å². The highest BCUT2D eigenvalue weighted by Crippen LogP contribution is 2.25. The number of rotatable bonds is 4. The highest BCUT2D eigenvalue weighted by molar-refractivity contribution is 6.30. The third kappa shape index (κ3) is 3.22. The van der Waals surface area contributed by atoms with Gasteiger partial charge in [-0.3, -0.25) is 0 Å². The van der Waals surface area contributed by atoms with Crippen LogP contribution in [0, 0.1) is 0 Å². The largest absolute Gasteiger partial charge is 0.478 e. The van der Waals surface area contributed by atoms with Crippen molar-refractivity contribution in [2.45, 2.75) is 33.1 Å². The number of nitrogens with zero attached hydrogens (tertiary/aromatic N) is 2. The van der Waals surface area contributed by atoms with Crippen molar-refractivity contribution in [3.05, 3.63) is 46.2 Å². The summed E-state index contributed by atoms with van der Waals surface area (Å²) in [6.07, 6.45) is 0.546. The monoisotopic (exact) mass is 304 g/mol. The minimum Gasteiger partial charge on any atom is -0.478 e. The molecule has 1 aromatic heterocycles. The molecule has 2 aromatic rings. The van der Waals surface area contributed by atoms with Crippen molar-refractivity contribution >= 4 is 17.6 Å². The van der Waals surface area contributed by atoms with Crippen molar-refractivity contribution < 1.29 is 9.90 Å². The fourth-order valence-electron chi connectivity index (χ4n) is 2.16. The van der Waals surface area contributed by atoms with Crippen LogP contribution in [0.4, 0.5) is 0 Å². The molecule has 0 radical (unpaired) electrons. The van der Waals surface area contributed by atoms with Gasteiger partial charge in [-0.25, -0.2) is 14.8 Å². The maximum Gasteiger partial charge on any atom is 0.339 e. The summed E-state index contributed by atoms with van der Waals surface area (Å²) in [5.41, 5.74) is 2.18. The van der Waals surface area contributed by atoms with E-state index in [2.05, 4.69) is 9.97 Å². The molecule has 0 amide bonds. The number of aromatic carboxylic acids is 1. The van der Waals surface area contributed by atoms with Crippen LogP contribution in [0.15, 0.2) is 24.3 Å². The molecule has 1 N–H and O–H groups in total. The van der Waals surface area contributed by atoms with E-state index in [0.29, 0.717) is 28.7 Å². The molecule has 0 spiro atoms. The van der Waals surface area contributed by atoms with Crippen molar-refractivity contribution in [1.29, 1.82) is 0 Å². The third-order valence-corrected chi connectivity index (χ3v) is 3.46. The van der Waals surface area contributed by atoms with E-state index >= 15 is 0 Å². The zero-order chi connectivity index (χ0) is 15.6. The Morgan fingerprint density at radius 1 is 1.24 bits per heavy atom. The highest BCUT2D eigenvalue weighted by atomic mass is 35.5. The molecule has 21 heavy (non-hydrogen) atoms. The summed E-state index contributed by atoms with van der Waals surface area (Å²) in [7, 11) is 0. The van der Waals surface area contributed by atoms with Crippen LogP contribution in [0.5, 0.6) is 0 Å². The van der Waals surface area contributed by atoms with E-state index in [0.717, 1.165) is 5.56 Å². The second-order valence-electron chi connectivity index (χ2n) is 5.07. The molecule has 1 heterocycles. The van der Waals surface area contributed by atoms with E-state index in [4.69, 9.17) is 11.6 Å². The SMILES string of the molecule is CCc1nc(-c2ccc(Cl)cc2)nc(C(C)C)c1C(=O)O. The summed E-state index contributed by atoms with van der Waals surface area (Å²) in [6, 6.07) is 7.21. The van der Waals surface area contributed by atoms with Crippen molar-refractivity contribution in [3.8, 4) is 11.4 Å². The Kier molecular flexibility index (Phi) is 4.58. The predicted octanol–water partition coefficient (Wildman–Crippen LogP) is 4.18. The molecule has 5 heteroatoms. The molecule has 4 nitrogen and oxygen atoms in total. The Bertz CT molecular complexity index is 667. The first-order valence-electron chi connectivity index (χ1n) is 6.84. The number of carbonyl (C=O) groups is 1. The van der Waals surface area contributed by atoms with Gasteiger partial charge in [0.2, 0.25) is 0 Å². The van der Waals surface area contributed by atoms with Gasteiger partial charge in [0.25, 0.3) is 0 Å². The summed E-state index contributed by atoms with van der Waals surface area (Å²) in [4.78, 5) is 20.4. The Balaban J connectivity index is 2.66. The maximum atomic E-state index is 11.5. The van der Waals surface area contributed by atoms with E-state index < -0.39 is 5.97 Å². The van der Waals surface area contributed by atoms with Crippen molar-refractivity contribution in [2.75, 3.05) is 0 Å². The Morgan fingerprint density at radius 2 is 1.86 bits per heavy atom. The van der Waals surface area contributed by atoms with Gasteiger partial charge in [0.15, 0.2) is 5.82 Å². The van der Waals surface area contributed by atoms with Crippen molar-refractivity contribution in [3.63, 3.8) is 0 Å². The summed E-state index contributed by atoms with van der Waals surface area (Å²) in [6.45, 7) is 5.75. The molecule has 1 aromatic carbocycles. The first kappa shape index (κ1) is 15.4. The number of hydrogen-bond acceptors (Lipinski definition) is 3. The Hall–Kier alpha value is -1.94. The van der Waals surface area contributed by atoms with Gasteiger partial charge in [0.05, 0.1) is 11.4 Å². The molecule has 110 valence electrons. The number of halogens is 1. The summed E-state index contributed by atoms with van der Waals surface area (Å²) >= 11 is 5.89. The number of benzene rings is 1. The number of aromatic nitrogens is 2. The maximum absolute atomic E-state index is 11.5. The molecule has 0 unspecified atom stereocenters. The number of aryl methyl sites for hydroxylation is 1. The fraction of sp³-hybridized carbons (Fsp3) is 0.312. The molecule has 0 saturated carbocycles. The molecule has 2 rings (SSSR count). The van der Waals surface area contributed by atoms with Gasteiger partial charge in [-0.05, 0) is 36.6 Å². The summed E-state index contributed by atoms with van der Waals surface area (Å²) in [5.74, 6) is -0.425. The lowest BCUT2D eigenvalue weighted by Crippen LogP contribution is -2.13. The summed E-state index contributed by atoms with van der Waals surface area (Å²) in [5, 5.41) is 10.1. The molecule has 0 atom stereocenters. The van der Waals surface area contributed by atoms with Gasteiger partial charge in [0.1, 0.15) is 5.56 Å². The van der Waals surface area contributed by atoms with Crippen molar-refractivity contribution in [2.24, 2.45) is 0 Å². The normalized spacial score (nSPS) is 10.9. The molecule has 0 aliphatic carbocycles. The average Bonchev–Trinajstić information content (AvgIpc) is 2.46. The van der Waals surface area contributed by atoms with Crippen LogP contribution in [0.2, 0.25) is 5.02 Å². The number of hydrogen-bond donors (Lipinski definition) is 1. The first-order chi connectivity index (χ1) is 9.93. The molecule has 0 aliphatic heterocycles. The van der Waals surface area contributed by atoms with Crippen LogP contribution in [-0.4, -0.2) is 21.0 Å². The zero-order valence-corrected chi connectivity index (χ0v) is 13.0. The second kappa shape index (κ2) is 6.22. The van der Waals surface area contributed by atoms with Gasteiger partial charge in [-0.2, -0.15) is 0 Å². The standard InChI is InChI=1S/C16H17ClN2O2/c1-4-12-13(16(20)21)14(9(2)3)19-15(18-12)10-5-7-11(17)8-6-10/h5-9H,4H2,1-3H3,(H,20,21). The Labute approximate surface area is 128 Å². The van der Waals surface area contributed by atoms with E-state index in [1.54, 1.807) is 12.1 Å². The molecule has 0 fully saturated rings. The van der Waals surface area contributed by atoms with Gasteiger partial charge >= 0.3 is 5.97 Å². The molecule has 0 aliphatic rings. The van der Waals surface area contributed by atoms with E-state index in [9.17, 15) is 9.90 Å². The number of carboxylic acid groups (broad SMARTS) is 1. The van der Waals surface area contributed by atoms with Gasteiger partial charge in [-0.1, -0.05) is 32.4 Å². The third-order valence-electron chi connectivity index (χ3n) is 3.21. The lowest BCUT2D eigenvalue weighted by atomic mass is 10.0. The van der Waals surface area contributed by atoms with Gasteiger partial charge in [-0.15, -0.1) is 0 Å². The lowest BCUT2D eigenvalue weighted by Gasteiger charge is -2.14. The quantitative estimate of drug-likeness (QED) is 0.920. The van der Waals surface area contributed by atoms with E-state index in [-0.39, 0.29) is 11.5 Å². The number of carboxylic acids is 1. The minimum absolute atomic E-state index is 0.00968. The highest BCUT2D eigenvalue weighted by Gasteiger charge is 2.21. The Morgan fingerprint density at radius 3 is 2.33 bits per heavy atom. The van der Waals surface area contributed by atoms with E-state index in [1.165, 1.54) is 0 Å². The second-order valence-corrected chi connectivity index (χ2v) is 5.51. The molecule has 0 bridgehead atoms.